The maximum atomic E-state index is 11.0. The maximum absolute atomic E-state index is 11.0. The van der Waals surface area contributed by atoms with Gasteiger partial charge in [-0.3, -0.25) is 4.79 Å². The molecular weight excluding hydrogens is 248 g/mol. The molecular formula is C18H18O2. The van der Waals surface area contributed by atoms with Crippen molar-refractivity contribution >= 4 is 6.29 Å². The number of aryl methyl sites for hydroxylation is 1. The van der Waals surface area contributed by atoms with Crippen LogP contribution < -0.4 is 4.74 Å². The van der Waals surface area contributed by atoms with E-state index in [9.17, 15) is 4.79 Å². The highest BCUT2D eigenvalue weighted by molar-refractivity contribution is 5.76. The van der Waals surface area contributed by atoms with E-state index >= 15 is 0 Å². The monoisotopic (exact) mass is 266 g/mol. The van der Waals surface area contributed by atoms with Crippen molar-refractivity contribution in [3.05, 3.63) is 64.7 Å². The van der Waals surface area contributed by atoms with Crippen molar-refractivity contribution in [1.29, 1.82) is 0 Å². The summed E-state index contributed by atoms with van der Waals surface area (Å²) in [6, 6.07) is 14.1. The summed E-state index contributed by atoms with van der Waals surface area (Å²) in [7, 11) is 0. The van der Waals surface area contributed by atoms with Gasteiger partial charge in [0.2, 0.25) is 0 Å². The molecule has 0 heterocycles. The molecule has 102 valence electrons. The Morgan fingerprint density at radius 2 is 2.05 bits per heavy atom. The lowest BCUT2D eigenvalue weighted by Crippen LogP contribution is -1.97. The van der Waals surface area contributed by atoms with Crippen molar-refractivity contribution < 1.29 is 9.53 Å². The number of hydrogen-bond acceptors (Lipinski definition) is 2. The molecule has 0 amide bonds. The Balaban J connectivity index is 1.76. The standard InChI is InChI=1S/C18H18O2/c1-13-3-2-4-14(7-13)12-20-18-9-15(11-19)8-17(10-18)16-5-6-16/h2-4,7-11,16H,5-6,12H2,1H3. The molecule has 0 unspecified atom stereocenters. The van der Waals surface area contributed by atoms with E-state index in [1.165, 1.54) is 24.0 Å². The van der Waals surface area contributed by atoms with Crippen molar-refractivity contribution in [2.24, 2.45) is 0 Å². The minimum Gasteiger partial charge on any atom is -0.489 e. The topological polar surface area (TPSA) is 26.3 Å². The first-order valence-electron chi connectivity index (χ1n) is 7.03. The van der Waals surface area contributed by atoms with Gasteiger partial charge < -0.3 is 4.74 Å². The zero-order valence-corrected chi connectivity index (χ0v) is 11.6. The highest BCUT2D eigenvalue weighted by Gasteiger charge is 2.24. The number of hydrogen-bond donors (Lipinski definition) is 0. The van der Waals surface area contributed by atoms with Gasteiger partial charge in [0, 0.05) is 5.56 Å². The summed E-state index contributed by atoms with van der Waals surface area (Å²) in [5.41, 5.74) is 4.31. The number of aldehydes is 1. The molecule has 0 aliphatic heterocycles. The van der Waals surface area contributed by atoms with Gasteiger partial charge >= 0.3 is 0 Å². The quantitative estimate of drug-likeness (QED) is 0.756. The molecule has 2 heteroatoms. The van der Waals surface area contributed by atoms with Crippen molar-refractivity contribution in [3.63, 3.8) is 0 Å². The highest BCUT2D eigenvalue weighted by atomic mass is 16.5. The van der Waals surface area contributed by atoms with Crippen LogP contribution in [0, 0.1) is 6.92 Å². The summed E-state index contributed by atoms with van der Waals surface area (Å²) in [5, 5.41) is 0. The average Bonchev–Trinajstić information content (AvgIpc) is 3.29. The van der Waals surface area contributed by atoms with Crippen LogP contribution in [0.4, 0.5) is 0 Å². The minimum atomic E-state index is 0.536. The van der Waals surface area contributed by atoms with Gasteiger partial charge in [-0.2, -0.15) is 0 Å². The normalized spacial score (nSPS) is 14.1. The number of ether oxygens (including phenoxy) is 1. The Kier molecular flexibility index (Phi) is 3.55. The molecule has 1 aliphatic rings. The lowest BCUT2D eigenvalue weighted by atomic mass is 10.1. The van der Waals surface area contributed by atoms with Crippen LogP contribution in [-0.2, 0) is 6.61 Å². The van der Waals surface area contributed by atoms with Crippen LogP contribution in [0.15, 0.2) is 42.5 Å². The third-order valence-corrected chi connectivity index (χ3v) is 3.62. The van der Waals surface area contributed by atoms with Gasteiger partial charge in [0.1, 0.15) is 18.6 Å². The summed E-state index contributed by atoms with van der Waals surface area (Å²) < 4.78 is 5.85. The van der Waals surface area contributed by atoms with Crippen molar-refractivity contribution in [1.82, 2.24) is 0 Å². The van der Waals surface area contributed by atoms with Crippen molar-refractivity contribution in [3.8, 4) is 5.75 Å². The Bertz CT molecular complexity index is 627. The van der Waals surface area contributed by atoms with Gasteiger partial charge in [-0.25, -0.2) is 0 Å². The van der Waals surface area contributed by atoms with Gasteiger partial charge in [0.05, 0.1) is 0 Å². The predicted octanol–water partition coefficient (Wildman–Crippen LogP) is 4.26. The number of carbonyl (C=O) groups excluding carboxylic acids is 1. The Morgan fingerprint density at radius 3 is 2.75 bits per heavy atom. The lowest BCUT2D eigenvalue weighted by molar-refractivity contribution is 0.112. The second kappa shape index (κ2) is 5.49. The summed E-state index contributed by atoms with van der Waals surface area (Å²) >= 11 is 0. The predicted molar refractivity (Wildman–Crippen MR) is 79.3 cm³/mol. The van der Waals surface area contributed by atoms with Crippen LogP contribution in [-0.4, -0.2) is 6.29 Å². The van der Waals surface area contributed by atoms with E-state index in [0.29, 0.717) is 18.1 Å². The minimum absolute atomic E-state index is 0.536. The van der Waals surface area contributed by atoms with E-state index in [-0.39, 0.29) is 0 Å². The zero-order chi connectivity index (χ0) is 13.9. The Hall–Kier alpha value is -2.09. The van der Waals surface area contributed by atoms with Crippen LogP contribution in [0.3, 0.4) is 0 Å². The van der Waals surface area contributed by atoms with E-state index in [2.05, 4.69) is 31.2 Å². The largest absolute Gasteiger partial charge is 0.489 e. The molecule has 0 bridgehead atoms. The first-order chi connectivity index (χ1) is 9.74. The van der Waals surface area contributed by atoms with Crippen LogP contribution in [0.2, 0.25) is 0 Å². The molecule has 0 saturated heterocycles. The number of carbonyl (C=O) groups is 1. The summed E-state index contributed by atoms with van der Waals surface area (Å²) in [6.45, 7) is 2.61. The van der Waals surface area contributed by atoms with Gasteiger partial charge in [0.25, 0.3) is 0 Å². The fourth-order valence-electron chi connectivity index (χ4n) is 2.42. The summed E-state index contributed by atoms with van der Waals surface area (Å²) in [4.78, 5) is 11.0. The molecule has 0 spiro atoms. The highest BCUT2D eigenvalue weighted by Crippen LogP contribution is 2.41. The van der Waals surface area contributed by atoms with Crippen LogP contribution >= 0.6 is 0 Å². The fourth-order valence-corrected chi connectivity index (χ4v) is 2.42. The van der Waals surface area contributed by atoms with Gasteiger partial charge in [-0.1, -0.05) is 29.8 Å². The molecule has 0 atom stereocenters. The molecule has 0 aromatic heterocycles. The van der Waals surface area contributed by atoms with E-state index in [1.54, 1.807) is 0 Å². The van der Waals surface area contributed by atoms with Crippen LogP contribution in [0.25, 0.3) is 0 Å². The first kappa shape index (κ1) is 12.9. The molecule has 1 aliphatic carbocycles. The number of rotatable bonds is 5. The maximum Gasteiger partial charge on any atom is 0.150 e. The van der Waals surface area contributed by atoms with E-state index in [0.717, 1.165) is 17.6 Å². The van der Waals surface area contributed by atoms with E-state index in [1.807, 2.05) is 18.2 Å². The van der Waals surface area contributed by atoms with Gasteiger partial charge in [-0.15, -0.1) is 0 Å². The first-order valence-corrected chi connectivity index (χ1v) is 7.03. The zero-order valence-electron chi connectivity index (χ0n) is 11.6. The second-order valence-corrected chi connectivity index (χ2v) is 5.51. The third-order valence-electron chi connectivity index (χ3n) is 3.62. The summed E-state index contributed by atoms with van der Waals surface area (Å²) in [6.07, 6.45) is 3.34. The smallest absolute Gasteiger partial charge is 0.150 e. The molecule has 1 saturated carbocycles. The average molecular weight is 266 g/mol. The lowest BCUT2D eigenvalue weighted by Gasteiger charge is -2.09. The Labute approximate surface area is 119 Å². The van der Waals surface area contributed by atoms with E-state index in [4.69, 9.17) is 4.74 Å². The molecule has 0 radical (unpaired) electrons. The third kappa shape index (κ3) is 3.08. The molecule has 1 fully saturated rings. The second-order valence-electron chi connectivity index (χ2n) is 5.51. The summed E-state index contributed by atoms with van der Waals surface area (Å²) in [5.74, 6) is 1.41. The molecule has 3 rings (SSSR count). The van der Waals surface area contributed by atoms with Gasteiger partial charge in [-0.05, 0) is 55.0 Å². The molecule has 2 aromatic carbocycles. The van der Waals surface area contributed by atoms with Crippen molar-refractivity contribution in [2.75, 3.05) is 0 Å². The SMILES string of the molecule is Cc1cccc(COc2cc(C=O)cc(C3CC3)c2)c1. The Morgan fingerprint density at radius 1 is 1.20 bits per heavy atom. The molecule has 0 N–H and O–H groups in total. The molecule has 2 nitrogen and oxygen atoms in total. The molecule has 20 heavy (non-hydrogen) atoms. The number of benzene rings is 2. The van der Waals surface area contributed by atoms with E-state index < -0.39 is 0 Å². The fraction of sp³-hybridized carbons (Fsp3) is 0.278. The molecule has 2 aromatic rings. The van der Waals surface area contributed by atoms with Gasteiger partial charge in [0.15, 0.2) is 0 Å². The van der Waals surface area contributed by atoms with Crippen molar-refractivity contribution in [2.45, 2.75) is 32.3 Å². The van der Waals surface area contributed by atoms with Crippen LogP contribution in [0.5, 0.6) is 5.75 Å². The van der Waals surface area contributed by atoms with Crippen LogP contribution in [0.1, 0.15) is 45.8 Å².